The molecule has 0 unspecified atom stereocenters. The second-order valence-electron chi connectivity index (χ2n) is 3.94. The molecular weight excluding hydrogens is 232 g/mol. The molecule has 1 heteroatoms. The number of rotatable bonds is 4. The molecule has 2 aromatic rings. The first kappa shape index (κ1) is 15.2. The maximum absolute atomic E-state index is 4.83. The van der Waals surface area contributed by atoms with Crippen molar-refractivity contribution < 1.29 is 4.74 Å². The molecule has 0 N–H and O–H groups in total. The van der Waals surface area contributed by atoms with Crippen molar-refractivity contribution in [3.63, 3.8) is 0 Å². The number of hydrogen-bond acceptors (Lipinski definition) is 1. The van der Waals surface area contributed by atoms with Gasteiger partial charge in [0, 0.05) is 13.2 Å². The molecule has 2 aromatic carbocycles. The molecule has 0 atom stereocenters. The van der Waals surface area contributed by atoms with Gasteiger partial charge in [-0.25, -0.2) is 0 Å². The molecule has 0 saturated carbocycles. The number of ether oxygens (including phenoxy) is 1. The van der Waals surface area contributed by atoms with Crippen LogP contribution < -0.4 is 0 Å². The molecule has 0 saturated heterocycles. The van der Waals surface area contributed by atoms with Gasteiger partial charge in [0.25, 0.3) is 0 Å². The summed E-state index contributed by atoms with van der Waals surface area (Å²) >= 11 is 0. The van der Waals surface area contributed by atoms with Gasteiger partial charge in [0.05, 0.1) is 0 Å². The van der Waals surface area contributed by atoms with Gasteiger partial charge >= 0.3 is 0 Å². The Morgan fingerprint density at radius 1 is 0.895 bits per heavy atom. The average molecular weight is 254 g/mol. The van der Waals surface area contributed by atoms with E-state index < -0.39 is 0 Å². The van der Waals surface area contributed by atoms with Gasteiger partial charge in [-0.05, 0) is 30.5 Å². The second-order valence-corrected chi connectivity index (χ2v) is 3.94. The first-order valence-electron chi connectivity index (χ1n) is 6.68. The van der Waals surface area contributed by atoms with Crippen LogP contribution in [0.25, 0.3) is 17.2 Å². The Labute approximate surface area is 116 Å². The molecular formula is C18H22O. The first-order chi connectivity index (χ1) is 9.33. The van der Waals surface area contributed by atoms with Crippen LogP contribution >= 0.6 is 0 Å². The van der Waals surface area contributed by atoms with E-state index in [2.05, 4.69) is 49.0 Å². The molecule has 0 heterocycles. The van der Waals surface area contributed by atoms with Gasteiger partial charge in [-0.3, -0.25) is 0 Å². The van der Waals surface area contributed by atoms with Gasteiger partial charge < -0.3 is 4.74 Å². The Kier molecular flexibility index (Phi) is 7.30. The smallest absolute Gasteiger partial charge is 0.0437 e. The summed E-state index contributed by atoms with van der Waals surface area (Å²) in [6.45, 7) is 9.48. The SMILES string of the molecule is C=Cc1ccccc1-c1ccccc1.CCOCC. The molecule has 0 aliphatic heterocycles. The van der Waals surface area contributed by atoms with Crippen molar-refractivity contribution in [3.8, 4) is 11.1 Å². The fourth-order valence-electron chi connectivity index (χ4n) is 1.76. The minimum absolute atomic E-state index is 0.844. The monoisotopic (exact) mass is 254 g/mol. The molecule has 0 fully saturated rings. The Morgan fingerprint density at radius 2 is 1.47 bits per heavy atom. The topological polar surface area (TPSA) is 9.23 Å². The zero-order valence-corrected chi connectivity index (χ0v) is 11.8. The third kappa shape index (κ3) is 5.11. The average Bonchev–Trinajstić information content (AvgIpc) is 2.49. The van der Waals surface area contributed by atoms with Crippen LogP contribution in [0.15, 0.2) is 61.2 Å². The van der Waals surface area contributed by atoms with Gasteiger partial charge in [-0.15, -0.1) is 0 Å². The van der Waals surface area contributed by atoms with Crippen molar-refractivity contribution in [2.45, 2.75) is 13.8 Å². The van der Waals surface area contributed by atoms with Crippen molar-refractivity contribution in [1.29, 1.82) is 0 Å². The third-order valence-corrected chi connectivity index (χ3v) is 2.67. The molecule has 0 radical (unpaired) electrons. The van der Waals surface area contributed by atoms with E-state index in [1.807, 2.05) is 32.1 Å². The fourth-order valence-corrected chi connectivity index (χ4v) is 1.76. The largest absolute Gasteiger partial charge is 0.382 e. The summed E-state index contributed by atoms with van der Waals surface area (Å²) in [5, 5.41) is 0. The van der Waals surface area contributed by atoms with Crippen LogP contribution in [0.3, 0.4) is 0 Å². The highest BCUT2D eigenvalue weighted by Crippen LogP contribution is 2.23. The fraction of sp³-hybridized carbons (Fsp3) is 0.222. The number of benzene rings is 2. The van der Waals surface area contributed by atoms with E-state index in [4.69, 9.17) is 4.74 Å². The molecule has 0 aliphatic rings. The van der Waals surface area contributed by atoms with Crippen LogP contribution in [0.5, 0.6) is 0 Å². The van der Waals surface area contributed by atoms with Gasteiger partial charge in [0.2, 0.25) is 0 Å². The maximum Gasteiger partial charge on any atom is 0.0437 e. The van der Waals surface area contributed by atoms with E-state index in [1.165, 1.54) is 16.7 Å². The molecule has 100 valence electrons. The van der Waals surface area contributed by atoms with E-state index in [1.54, 1.807) is 0 Å². The summed E-state index contributed by atoms with van der Waals surface area (Å²) in [6, 6.07) is 18.6. The van der Waals surface area contributed by atoms with Crippen molar-refractivity contribution in [2.24, 2.45) is 0 Å². The molecule has 0 aliphatic carbocycles. The van der Waals surface area contributed by atoms with Crippen LogP contribution in [0.2, 0.25) is 0 Å². The van der Waals surface area contributed by atoms with Crippen molar-refractivity contribution in [3.05, 3.63) is 66.7 Å². The Morgan fingerprint density at radius 3 is 2.00 bits per heavy atom. The molecule has 0 amide bonds. The number of hydrogen-bond donors (Lipinski definition) is 0. The predicted molar refractivity (Wildman–Crippen MR) is 84.1 cm³/mol. The third-order valence-electron chi connectivity index (χ3n) is 2.67. The minimum Gasteiger partial charge on any atom is -0.382 e. The van der Waals surface area contributed by atoms with Gasteiger partial charge in [0.1, 0.15) is 0 Å². The zero-order chi connectivity index (χ0) is 13.9. The summed E-state index contributed by atoms with van der Waals surface area (Å²) in [5.41, 5.74) is 3.66. The van der Waals surface area contributed by atoms with Crippen molar-refractivity contribution >= 4 is 6.08 Å². The predicted octanol–water partition coefficient (Wildman–Crippen LogP) is 5.04. The summed E-state index contributed by atoms with van der Waals surface area (Å²) in [7, 11) is 0. The van der Waals surface area contributed by atoms with Gasteiger partial charge in [-0.2, -0.15) is 0 Å². The lowest BCUT2D eigenvalue weighted by atomic mass is 10.00. The summed E-state index contributed by atoms with van der Waals surface area (Å²) in [6.07, 6.45) is 1.89. The maximum atomic E-state index is 4.83. The van der Waals surface area contributed by atoms with Crippen LogP contribution in [-0.2, 0) is 4.74 Å². The lowest BCUT2D eigenvalue weighted by Crippen LogP contribution is -1.84. The standard InChI is InChI=1S/C14H12.C4H10O/c1-2-12-8-6-7-11-14(12)13-9-4-3-5-10-13;1-3-5-4-2/h2-11H,1H2;3-4H2,1-2H3. The van der Waals surface area contributed by atoms with E-state index in [0.717, 1.165) is 13.2 Å². The van der Waals surface area contributed by atoms with Crippen LogP contribution in [-0.4, -0.2) is 13.2 Å². The summed E-state index contributed by atoms with van der Waals surface area (Å²) in [4.78, 5) is 0. The Bertz CT molecular complexity index is 472. The molecule has 19 heavy (non-hydrogen) atoms. The highest BCUT2D eigenvalue weighted by atomic mass is 16.5. The highest BCUT2D eigenvalue weighted by molar-refractivity contribution is 5.74. The van der Waals surface area contributed by atoms with Gasteiger partial charge in [-0.1, -0.05) is 67.3 Å². The molecule has 0 aromatic heterocycles. The van der Waals surface area contributed by atoms with Crippen LogP contribution in [0.1, 0.15) is 19.4 Å². The van der Waals surface area contributed by atoms with Gasteiger partial charge in [0.15, 0.2) is 0 Å². The van der Waals surface area contributed by atoms with Crippen LogP contribution in [0, 0.1) is 0 Å². The van der Waals surface area contributed by atoms with Crippen molar-refractivity contribution in [1.82, 2.24) is 0 Å². The highest BCUT2D eigenvalue weighted by Gasteiger charge is 1.99. The Hall–Kier alpha value is -1.86. The molecule has 1 nitrogen and oxygen atoms in total. The van der Waals surface area contributed by atoms with Crippen LogP contribution in [0.4, 0.5) is 0 Å². The van der Waals surface area contributed by atoms with E-state index in [9.17, 15) is 0 Å². The second kappa shape index (κ2) is 9.12. The van der Waals surface area contributed by atoms with Crippen molar-refractivity contribution in [2.75, 3.05) is 13.2 Å². The minimum atomic E-state index is 0.844. The van der Waals surface area contributed by atoms with E-state index >= 15 is 0 Å². The molecule has 2 rings (SSSR count). The Balaban J connectivity index is 0.000000312. The summed E-state index contributed by atoms with van der Waals surface area (Å²) < 4.78 is 4.83. The zero-order valence-electron chi connectivity index (χ0n) is 11.8. The quantitative estimate of drug-likeness (QED) is 0.742. The normalized spacial score (nSPS) is 9.37. The lowest BCUT2D eigenvalue weighted by molar-refractivity contribution is 0.162. The lowest BCUT2D eigenvalue weighted by Gasteiger charge is -2.04. The molecule has 0 bridgehead atoms. The first-order valence-corrected chi connectivity index (χ1v) is 6.68. The molecule has 0 spiro atoms. The summed E-state index contributed by atoms with van der Waals surface area (Å²) in [5.74, 6) is 0. The van der Waals surface area contributed by atoms with E-state index in [-0.39, 0.29) is 0 Å². The van der Waals surface area contributed by atoms with E-state index in [0.29, 0.717) is 0 Å².